The highest BCUT2D eigenvalue weighted by molar-refractivity contribution is 9.10. The fourth-order valence-electron chi connectivity index (χ4n) is 1.27. The number of rotatable bonds is 2. The minimum absolute atomic E-state index is 0.359. The molecule has 0 amide bonds. The number of nitrogens with one attached hydrogen (secondary N) is 1. The van der Waals surface area contributed by atoms with Crippen LogP contribution in [0.1, 0.15) is 0 Å². The fourth-order valence-corrected chi connectivity index (χ4v) is 1.68. The average Bonchev–Trinajstić information content (AvgIpc) is 2.27. The van der Waals surface area contributed by atoms with Gasteiger partial charge in [0.05, 0.1) is 15.2 Å². The second-order valence-electron chi connectivity index (χ2n) is 3.35. The van der Waals surface area contributed by atoms with E-state index in [9.17, 15) is 4.39 Å². The molecule has 0 bridgehead atoms. The van der Waals surface area contributed by atoms with Crippen LogP contribution in [0.5, 0.6) is 0 Å². The quantitative estimate of drug-likeness (QED) is 0.881. The molecule has 0 saturated carbocycles. The predicted molar refractivity (Wildman–Crippen MR) is 71.0 cm³/mol. The molecular formula is C11H8BrClFN3. The monoisotopic (exact) mass is 315 g/mol. The third kappa shape index (κ3) is 2.87. The van der Waals surface area contributed by atoms with Gasteiger partial charge in [0, 0.05) is 11.9 Å². The van der Waals surface area contributed by atoms with Crippen LogP contribution in [0.2, 0.25) is 5.02 Å². The second kappa shape index (κ2) is 4.89. The summed E-state index contributed by atoms with van der Waals surface area (Å²) in [6.07, 6.45) is 1.47. The first kappa shape index (κ1) is 12.1. The lowest BCUT2D eigenvalue weighted by Crippen LogP contribution is -1.99. The molecule has 0 spiro atoms. The Balaban J connectivity index is 2.28. The molecule has 1 heterocycles. The van der Waals surface area contributed by atoms with Gasteiger partial charge in [-0.3, -0.25) is 0 Å². The molecule has 88 valence electrons. The van der Waals surface area contributed by atoms with Crippen molar-refractivity contribution >= 4 is 44.7 Å². The van der Waals surface area contributed by atoms with Crippen molar-refractivity contribution in [2.45, 2.75) is 0 Å². The Morgan fingerprint density at radius 2 is 2.12 bits per heavy atom. The lowest BCUT2D eigenvalue weighted by Gasteiger charge is -2.08. The molecule has 0 aliphatic carbocycles. The zero-order valence-corrected chi connectivity index (χ0v) is 10.9. The number of nitrogen functional groups attached to an aromatic ring is 1. The van der Waals surface area contributed by atoms with Gasteiger partial charge >= 0.3 is 0 Å². The van der Waals surface area contributed by atoms with Gasteiger partial charge in [-0.1, -0.05) is 11.6 Å². The molecule has 1 aromatic carbocycles. The SMILES string of the molecule is Nc1cc(Cl)cnc1Nc1ccc(Br)c(F)c1. The Labute approximate surface area is 111 Å². The van der Waals surface area contributed by atoms with Gasteiger partial charge in [0.15, 0.2) is 5.82 Å². The van der Waals surface area contributed by atoms with Crippen LogP contribution in [-0.4, -0.2) is 4.98 Å². The smallest absolute Gasteiger partial charge is 0.153 e. The van der Waals surface area contributed by atoms with E-state index in [-0.39, 0.29) is 5.82 Å². The standard InChI is InChI=1S/C11H8BrClFN3/c12-8-2-1-7(4-9(8)14)17-11-10(15)3-6(13)5-16-11/h1-5H,15H2,(H,16,17). The molecule has 0 aliphatic heterocycles. The number of hydrogen-bond acceptors (Lipinski definition) is 3. The van der Waals surface area contributed by atoms with Crippen molar-refractivity contribution in [3.8, 4) is 0 Å². The van der Waals surface area contributed by atoms with Crippen molar-refractivity contribution in [3.63, 3.8) is 0 Å². The number of hydrogen-bond donors (Lipinski definition) is 2. The summed E-state index contributed by atoms with van der Waals surface area (Å²) in [4.78, 5) is 4.02. The first-order valence-electron chi connectivity index (χ1n) is 4.69. The number of aromatic nitrogens is 1. The topological polar surface area (TPSA) is 50.9 Å². The number of halogens is 3. The van der Waals surface area contributed by atoms with Gasteiger partial charge < -0.3 is 11.1 Å². The summed E-state index contributed by atoms with van der Waals surface area (Å²) < 4.78 is 13.7. The van der Waals surface area contributed by atoms with E-state index in [4.69, 9.17) is 17.3 Å². The van der Waals surface area contributed by atoms with E-state index in [2.05, 4.69) is 26.2 Å². The molecule has 0 atom stereocenters. The van der Waals surface area contributed by atoms with Crippen molar-refractivity contribution < 1.29 is 4.39 Å². The molecule has 3 nitrogen and oxygen atoms in total. The van der Waals surface area contributed by atoms with Crippen molar-refractivity contribution in [3.05, 3.63) is 45.8 Å². The van der Waals surface area contributed by atoms with E-state index in [1.807, 2.05) is 0 Å². The van der Waals surface area contributed by atoms with Gasteiger partial charge in [0.2, 0.25) is 0 Å². The largest absolute Gasteiger partial charge is 0.396 e. The highest BCUT2D eigenvalue weighted by atomic mass is 79.9. The van der Waals surface area contributed by atoms with Crippen molar-refractivity contribution in [2.75, 3.05) is 11.1 Å². The summed E-state index contributed by atoms with van der Waals surface area (Å²) in [6.45, 7) is 0. The Bertz CT molecular complexity index is 562. The molecule has 0 fully saturated rings. The van der Waals surface area contributed by atoms with Gasteiger partial charge in [-0.15, -0.1) is 0 Å². The van der Waals surface area contributed by atoms with Gasteiger partial charge in [-0.25, -0.2) is 9.37 Å². The fraction of sp³-hybridized carbons (Fsp3) is 0. The Hall–Kier alpha value is -1.33. The highest BCUT2D eigenvalue weighted by Crippen LogP contribution is 2.25. The molecule has 3 N–H and O–H groups in total. The van der Waals surface area contributed by atoms with Gasteiger partial charge in [-0.2, -0.15) is 0 Å². The van der Waals surface area contributed by atoms with Gasteiger partial charge in [-0.05, 0) is 40.2 Å². The van der Waals surface area contributed by atoms with Crippen molar-refractivity contribution in [1.82, 2.24) is 4.98 Å². The van der Waals surface area contributed by atoms with E-state index in [0.717, 1.165) is 0 Å². The van der Waals surface area contributed by atoms with Gasteiger partial charge in [0.1, 0.15) is 5.82 Å². The van der Waals surface area contributed by atoms with E-state index in [0.29, 0.717) is 26.7 Å². The van der Waals surface area contributed by atoms with Crippen LogP contribution in [0.25, 0.3) is 0 Å². The lowest BCUT2D eigenvalue weighted by atomic mass is 10.3. The van der Waals surface area contributed by atoms with Crippen LogP contribution in [-0.2, 0) is 0 Å². The molecule has 6 heteroatoms. The van der Waals surface area contributed by atoms with Crippen molar-refractivity contribution in [1.29, 1.82) is 0 Å². The van der Waals surface area contributed by atoms with Crippen LogP contribution in [0, 0.1) is 5.82 Å². The summed E-state index contributed by atoms with van der Waals surface area (Å²) in [7, 11) is 0. The minimum atomic E-state index is -0.359. The maximum Gasteiger partial charge on any atom is 0.153 e. The molecule has 2 rings (SSSR count). The zero-order chi connectivity index (χ0) is 12.4. The van der Waals surface area contributed by atoms with Crippen LogP contribution in [0.15, 0.2) is 34.9 Å². The molecule has 0 aliphatic rings. The number of benzene rings is 1. The summed E-state index contributed by atoms with van der Waals surface area (Å²) in [5, 5.41) is 3.37. The molecule has 0 saturated heterocycles. The number of anilines is 3. The van der Waals surface area contributed by atoms with E-state index >= 15 is 0 Å². The Kier molecular flexibility index (Phi) is 3.49. The zero-order valence-electron chi connectivity index (χ0n) is 8.55. The predicted octanol–water partition coefficient (Wildman–Crippen LogP) is 3.96. The van der Waals surface area contributed by atoms with Crippen LogP contribution < -0.4 is 11.1 Å². The van der Waals surface area contributed by atoms with E-state index in [1.165, 1.54) is 12.3 Å². The first-order valence-corrected chi connectivity index (χ1v) is 5.86. The summed E-state index contributed by atoms with van der Waals surface area (Å²) in [5.74, 6) is 0.0821. The number of nitrogens with two attached hydrogens (primary N) is 1. The molecule has 17 heavy (non-hydrogen) atoms. The number of pyridine rings is 1. The molecule has 2 aromatic rings. The highest BCUT2D eigenvalue weighted by Gasteiger charge is 2.04. The third-order valence-electron chi connectivity index (χ3n) is 2.07. The Morgan fingerprint density at radius 1 is 1.35 bits per heavy atom. The maximum atomic E-state index is 13.3. The molecular weight excluding hydrogens is 308 g/mol. The molecule has 0 radical (unpaired) electrons. The average molecular weight is 317 g/mol. The van der Waals surface area contributed by atoms with E-state index in [1.54, 1.807) is 18.2 Å². The molecule has 0 unspecified atom stereocenters. The maximum absolute atomic E-state index is 13.3. The van der Waals surface area contributed by atoms with Crippen LogP contribution in [0.3, 0.4) is 0 Å². The number of nitrogens with zero attached hydrogens (tertiary/aromatic N) is 1. The minimum Gasteiger partial charge on any atom is -0.396 e. The third-order valence-corrected chi connectivity index (χ3v) is 2.92. The summed E-state index contributed by atoms with van der Waals surface area (Å²) in [5.41, 5.74) is 6.69. The summed E-state index contributed by atoms with van der Waals surface area (Å²) >= 11 is 8.81. The summed E-state index contributed by atoms with van der Waals surface area (Å²) in [6, 6.07) is 6.23. The second-order valence-corrected chi connectivity index (χ2v) is 4.64. The first-order chi connectivity index (χ1) is 8.06. The van der Waals surface area contributed by atoms with E-state index < -0.39 is 0 Å². The Morgan fingerprint density at radius 3 is 2.76 bits per heavy atom. The van der Waals surface area contributed by atoms with Gasteiger partial charge in [0.25, 0.3) is 0 Å². The lowest BCUT2D eigenvalue weighted by molar-refractivity contribution is 0.622. The van der Waals surface area contributed by atoms with Crippen LogP contribution in [0.4, 0.5) is 21.6 Å². The normalized spacial score (nSPS) is 10.3. The van der Waals surface area contributed by atoms with Crippen LogP contribution >= 0.6 is 27.5 Å². The van der Waals surface area contributed by atoms with Crippen molar-refractivity contribution in [2.24, 2.45) is 0 Å². The molecule has 1 aromatic heterocycles.